The Labute approximate surface area is 75.4 Å². The summed E-state index contributed by atoms with van der Waals surface area (Å²) >= 11 is 0.676. The lowest BCUT2D eigenvalue weighted by molar-refractivity contribution is -0.380. The average Bonchev–Trinajstić information content (AvgIpc) is 2.52. The maximum Gasteiger partial charge on any atom is 0.324 e. The molecule has 0 aliphatic heterocycles. The van der Waals surface area contributed by atoms with Crippen LogP contribution in [0.15, 0.2) is 17.2 Å². The van der Waals surface area contributed by atoms with E-state index in [1.165, 1.54) is 12.1 Å². The van der Waals surface area contributed by atoms with Crippen LogP contribution in [0, 0.1) is 10.1 Å². The fourth-order valence-electron chi connectivity index (χ4n) is 0.631. The van der Waals surface area contributed by atoms with Gasteiger partial charge in [0.15, 0.2) is 0 Å². The number of nitro groups is 1. The highest BCUT2D eigenvalue weighted by molar-refractivity contribution is 7.17. The van der Waals surface area contributed by atoms with Gasteiger partial charge in [0.2, 0.25) is 0 Å². The number of thiophene rings is 1. The monoisotopic (exact) mass is 198 g/mol. The van der Waals surface area contributed by atoms with Crippen LogP contribution in [0.2, 0.25) is 0 Å². The van der Waals surface area contributed by atoms with Crippen molar-refractivity contribution in [3.63, 3.8) is 0 Å². The smallest absolute Gasteiger partial charge is 0.286 e. The Morgan fingerprint density at radius 1 is 1.69 bits per heavy atom. The van der Waals surface area contributed by atoms with Gasteiger partial charge in [-0.15, -0.1) is 0 Å². The molecule has 0 radical (unpaired) electrons. The van der Waals surface area contributed by atoms with Gasteiger partial charge < -0.3 is 0 Å². The number of hydrogen-bond donors (Lipinski definition) is 0. The Hall–Kier alpha value is -1.92. The Morgan fingerprint density at radius 3 is 2.85 bits per heavy atom. The van der Waals surface area contributed by atoms with Crippen LogP contribution >= 0.6 is 11.3 Å². The first-order valence-electron chi connectivity index (χ1n) is 2.99. The van der Waals surface area contributed by atoms with Crippen molar-refractivity contribution in [2.75, 3.05) is 0 Å². The summed E-state index contributed by atoms with van der Waals surface area (Å²) in [6, 6.07) is 2.44. The minimum absolute atomic E-state index is 0.0597. The zero-order chi connectivity index (χ0) is 9.84. The second-order valence-corrected chi connectivity index (χ2v) is 2.95. The van der Waals surface area contributed by atoms with Crippen molar-refractivity contribution in [1.29, 1.82) is 0 Å². The van der Waals surface area contributed by atoms with Gasteiger partial charge in [-0.1, -0.05) is 11.3 Å². The van der Waals surface area contributed by atoms with Crippen LogP contribution in [0.5, 0.6) is 0 Å². The fraction of sp³-hybridized carbons (Fsp3) is 0. The molecule has 0 unspecified atom stereocenters. The third-order valence-corrected chi connectivity index (χ3v) is 2.14. The summed E-state index contributed by atoms with van der Waals surface area (Å²) in [5, 5.41) is 12.8. The van der Waals surface area contributed by atoms with E-state index in [9.17, 15) is 14.9 Å². The van der Waals surface area contributed by atoms with Gasteiger partial charge in [-0.25, -0.2) is 0 Å². The van der Waals surface area contributed by atoms with Crippen molar-refractivity contribution in [2.24, 2.45) is 5.11 Å². The second-order valence-electron chi connectivity index (χ2n) is 1.89. The van der Waals surface area contributed by atoms with Gasteiger partial charge in [0.05, 0.1) is 9.80 Å². The first-order chi connectivity index (χ1) is 6.15. The van der Waals surface area contributed by atoms with E-state index in [4.69, 9.17) is 5.53 Å². The van der Waals surface area contributed by atoms with Crippen LogP contribution in [0.25, 0.3) is 10.4 Å². The van der Waals surface area contributed by atoms with Crippen LogP contribution < -0.4 is 0 Å². The van der Waals surface area contributed by atoms with E-state index < -0.39 is 10.8 Å². The number of amides is 1. The van der Waals surface area contributed by atoms with Gasteiger partial charge in [-0.2, -0.15) is 0 Å². The van der Waals surface area contributed by atoms with E-state index in [1.54, 1.807) is 0 Å². The van der Waals surface area contributed by atoms with E-state index in [-0.39, 0.29) is 9.88 Å². The molecule has 0 aliphatic carbocycles. The molecule has 1 aromatic heterocycles. The standard InChI is InChI=1S/C5H2N4O3S/c6-8-7-5(10)3-1-2-4(13-3)9(11)12/h1-2H. The van der Waals surface area contributed by atoms with Gasteiger partial charge in [0, 0.05) is 11.0 Å². The molecule has 1 amide bonds. The number of carbonyl (C=O) groups excluding carboxylic acids is 1. The highest BCUT2D eigenvalue weighted by atomic mass is 32.1. The molecule has 0 aliphatic rings. The van der Waals surface area contributed by atoms with E-state index in [0.717, 1.165) is 0 Å². The predicted octanol–water partition coefficient (Wildman–Crippen LogP) is 2.11. The molecule has 13 heavy (non-hydrogen) atoms. The van der Waals surface area contributed by atoms with E-state index in [2.05, 4.69) is 10.0 Å². The highest BCUT2D eigenvalue weighted by Gasteiger charge is 2.13. The Morgan fingerprint density at radius 2 is 2.38 bits per heavy atom. The Kier molecular flexibility index (Phi) is 2.58. The van der Waals surface area contributed by atoms with Crippen molar-refractivity contribution >= 4 is 22.2 Å². The van der Waals surface area contributed by atoms with Crippen molar-refractivity contribution in [1.82, 2.24) is 0 Å². The lowest BCUT2D eigenvalue weighted by Gasteiger charge is -1.82. The quantitative estimate of drug-likeness (QED) is 0.238. The molecular weight excluding hydrogens is 196 g/mol. The van der Waals surface area contributed by atoms with Gasteiger partial charge in [0.25, 0.3) is 5.91 Å². The number of azide groups is 1. The van der Waals surface area contributed by atoms with E-state index >= 15 is 0 Å². The normalized spacial score (nSPS) is 8.92. The molecule has 0 N–H and O–H groups in total. The van der Waals surface area contributed by atoms with Gasteiger partial charge in [-0.3, -0.25) is 14.9 Å². The molecule has 0 spiro atoms. The molecule has 0 aromatic carbocycles. The van der Waals surface area contributed by atoms with Crippen molar-refractivity contribution < 1.29 is 9.72 Å². The third-order valence-electron chi connectivity index (χ3n) is 1.12. The van der Waals surface area contributed by atoms with Crippen LogP contribution in [0.1, 0.15) is 9.67 Å². The molecule has 0 fully saturated rings. The maximum atomic E-state index is 10.8. The molecule has 1 heterocycles. The number of nitrogens with zero attached hydrogens (tertiary/aromatic N) is 4. The average molecular weight is 198 g/mol. The topological polar surface area (TPSA) is 109 Å². The Bertz CT molecular complexity index is 406. The van der Waals surface area contributed by atoms with Gasteiger partial charge in [0.1, 0.15) is 0 Å². The summed E-state index contributed by atoms with van der Waals surface area (Å²) in [4.78, 5) is 22.8. The third kappa shape index (κ3) is 2.01. The summed E-state index contributed by atoms with van der Waals surface area (Å²) in [5.74, 6) is -0.805. The molecule has 0 saturated carbocycles. The van der Waals surface area contributed by atoms with Crippen molar-refractivity contribution in [3.05, 3.63) is 37.6 Å². The molecule has 66 valence electrons. The van der Waals surface area contributed by atoms with Crippen LogP contribution in [0.4, 0.5) is 5.00 Å². The fourth-order valence-corrected chi connectivity index (χ4v) is 1.33. The van der Waals surface area contributed by atoms with Crippen molar-refractivity contribution in [2.45, 2.75) is 0 Å². The lowest BCUT2D eigenvalue weighted by Crippen LogP contribution is -1.86. The second kappa shape index (κ2) is 3.65. The molecule has 1 aromatic rings. The first kappa shape index (κ1) is 9.17. The SMILES string of the molecule is [N-]=[N+]=NC(=O)c1ccc([N+](=O)[O-])s1. The molecule has 1 rings (SSSR count). The number of hydrogen-bond acceptors (Lipinski definition) is 4. The summed E-state index contributed by atoms with van der Waals surface area (Å²) in [7, 11) is 0. The summed E-state index contributed by atoms with van der Waals surface area (Å²) in [6.07, 6.45) is 0. The summed E-state index contributed by atoms with van der Waals surface area (Å²) < 4.78 is 0. The Balaban J connectivity index is 2.98. The molecule has 0 atom stereocenters. The zero-order valence-corrected chi connectivity index (χ0v) is 6.89. The molecule has 0 saturated heterocycles. The molecular formula is C5H2N4O3S. The number of rotatable bonds is 2. The van der Waals surface area contributed by atoms with Crippen LogP contribution in [-0.4, -0.2) is 10.8 Å². The minimum Gasteiger partial charge on any atom is -0.286 e. The van der Waals surface area contributed by atoms with E-state index in [0.29, 0.717) is 11.3 Å². The molecule has 0 bridgehead atoms. The summed E-state index contributed by atoms with van der Waals surface area (Å²) in [6.45, 7) is 0. The molecule has 7 nitrogen and oxygen atoms in total. The summed E-state index contributed by atoms with van der Waals surface area (Å²) in [5.41, 5.74) is 7.92. The van der Waals surface area contributed by atoms with Crippen LogP contribution in [-0.2, 0) is 0 Å². The molecule has 8 heteroatoms. The first-order valence-corrected chi connectivity index (χ1v) is 3.80. The van der Waals surface area contributed by atoms with E-state index in [1.807, 2.05) is 0 Å². The highest BCUT2D eigenvalue weighted by Crippen LogP contribution is 2.24. The lowest BCUT2D eigenvalue weighted by atomic mass is 10.4. The minimum atomic E-state index is -0.805. The largest absolute Gasteiger partial charge is 0.324 e. The maximum absolute atomic E-state index is 10.8. The van der Waals surface area contributed by atoms with Gasteiger partial charge in [-0.05, 0) is 16.7 Å². The predicted molar refractivity (Wildman–Crippen MR) is 44.4 cm³/mol. The van der Waals surface area contributed by atoms with Gasteiger partial charge >= 0.3 is 5.00 Å². The van der Waals surface area contributed by atoms with Crippen molar-refractivity contribution in [3.8, 4) is 0 Å². The van der Waals surface area contributed by atoms with Crippen LogP contribution in [0.3, 0.4) is 0 Å². The number of carbonyl (C=O) groups is 1. The zero-order valence-electron chi connectivity index (χ0n) is 6.08.